The molecule has 0 rings (SSSR count). The lowest BCUT2D eigenvalue weighted by atomic mass is 10.6. The summed E-state index contributed by atoms with van der Waals surface area (Å²) in [6.07, 6.45) is 1.23. The molecule has 0 aliphatic carbocycles. The lowest BCUT2D eigenvalue weighted by molar-refractivity contribution is 0.322. The average molecular weight is 222 g/mol. The number of aliphatic hydroxyl groups is 1. The summed E-state index contributed by atoms with van der Waals surface area (Å²) >= 11 is 1.83. The van der Waals surface area contributed by atoms with Crippen LogP contribution >= 0.6 is 11.8 Å². The molecule has 2 nitrogen and oxygen atoms in total. The van der Waals surface area contributed by atoms with Crippen molar-refractivity contribution < 1.29 is 9.53 Å². The maximum absolute atomic E-state index is 8.57. The molecule has 0 atom stereocenters. The molecule has 80 valence electrons. The Morgan fingerprint density at radius 1 is 1.31 bits per heavy atom. The Morgan fingerprint density at radius 2 is 2.00 bits per heavy atom. The molecule has 1 N–H and O–H groups in total. The summed E-state index contributed by atoms with van der Waals surface area (Å²) < 4.78 is 5.72. The molecule has 0 heterocycles. The first-order valence-corrected chi connectivity index (χ1v) is 9.22. The summed E-state index contributed by atoms with van der Waals surface area (Å²) in [7, 11) is -1.34. The first-order chi connectivity index (χ1) is 6.12. The van der Waals surface area contributed by atoms with Gasteiger partial charge in [-0.2, -0.15) is 11.8 Å². The van der Waals surface area contributed by atoms with E-state index in [4.69, 9.17) is 9.53 Å². The first-order valence-electron chi connectivity index (χ1n) is 4.95. The fourth-order valence-corrected chi connectivity index (χ4v) is 4.12. The molecule has 0 fully saturated rings. The van der Waals surface area contributed by atoms with Gasteiger partial charge in [-0.25, -0.2) is 0 Å². The van der Waals surface area contributed by atoms with E-state index < -0.39 is 8.32 Å². The van der Waals surface area contributed by atoms with Gasteiger partial charge in [0.05, 0.1) is 6.61 Å². The molecule has 0 aliphatic heterocycles. The van der Waals surface area contributed by atoms with Gasteiger partial charge in [-0.1, -0.05) is 0 Å². The lowest BCUT2D eigenvalue weighted by Gasteiger charge is -2.21. The summed E-state index contributed by atoms with van der Waals surface area (Å²) in [6, 6.07) is 1.24. The van der Waals surface area contributed by atoms with Crippen molar-refractivity contribution in [1.29, 1.82) is 0 Å². The molecule has 0 aromatic rings. The highest BCUT2D eigenvalue weighted by molar-refractivity contribution is 7.99. The lowest BCUT2D eigenvalue weighted by Crippen LogP contribution is -2.30. The van der Waals surface area contributed by atoms with Crippen LogP contribution in [0, 0.1) is 0 Å². The molecule has 0 unspecified atom stereocenters. The molecule has 0 radical (unpaired) electrons. The fourth-order valence-electron chi connectivity index (χ4n) is 1.23. The van der Waals surface area contributed by atoms with Gasteiger partial charge in [0.2, 0.25) is 0 Å². The zero-order valence-corrected chi connectivity index (χ0v) is 10.8. The van der Waals surface area contributed by atoms with Crippen LogP contribution in [0.2, 0.25) is 19.1 Å². The van der Waals surface area contributed by atoms with E-state index in [9.17, 15) is 0 Å². The Morgan fingerprint density at radius 3 is 2.54 bits per heavy atom. The number of rotatable bonds is 8. The Labute approximate surface area is 87.2 Å². The van der Waals surface area contributed by atoms with Crippen molar-refractivity contribution in [2.45, 2.75) is 32.5 Å². The minimum absolute atomic E-state index is 0.303. The van der Waals surface area contributed by atoms with E-state index in [1.807, 2.05) is 11.8 Å². The topological polar surface area (TPSA) is 29.5 Å². The SMILES string of the molecule is CCO[Si](C)(C)CCCSCCO. The second kappa shape index (κ2) is 7.85. The van der Waals surface area contributed by atoms with Crippen LogP contribution in [0.5, 0.6) is 0 Å². The van der Waals surface area contributed by atoms with Gasteiger partial charge in [-0.15, -0.1) is 0 Å². The molecule has 13 heavy (non-hydrogen) atoms. The van der Waals surface area contributed by atoms with Gasteiger partial charge < -0.3 is 9.53 Å². The van der Waals surface area contributed by atoms with Gasteiger partial charge in [0.25, 0.3) is 0 Å². The van der Waals surface area contributed by atoms with Crippen LogP contribution in [-0.4, -0.2) is 38.1 Å². The monoisotopic (exact) mass is 222 g/mol. The number of aliphatic hydroxyl groups excluding tert-OH is 1. The fraction of sp³-hybridized carbons (Fsp3) is 1.00. The van der Waals surface area contributed by atoms with E-state index >= 15 is 0 Å². The highest BCUT2D eigenvalue weighted by Gasteiger charge is 2.20. The highest BCUT2D eigenvalue weighted by atomic mass is 32.2. The molecule has 4 heteroatoms. The molecule has 0 saturated heterocycles. The van der Waals surface area contributed by atoms with Gasteiger partial charge in [-0.05, 0) is 38.2 Å². The van der Waals surface area contributed by atoms with Crippen molar-refractivity contribution in [3.63, 3.8) is 0 Å². The first kappa shape index (κ1) is 13.5. The summed E-state index contributed by atoms with van der Waals surface area (Å²) in [5, 5.41) is 8.57. The predicted molar refractivity (Wildman–Crippen MR) is 62.9 cm³/mol. The number of hydrogen-bond donors (Lipinski definition) is 1. The largest absolute Gasteiger partial charge is 0.418 e. The van der Waals surface area contributed by atoms with Crippen LogP contribution in [0.25, 0.3) is 0 Å². The molecule has 0 spiro atoms. The quantitative estimate of drug-likeness (QED) is 0.505. The standard InChI is InChI=1S/C9H22O2SSi/c1-4-11-13(2,3)9-5-7-12-8-6-10/h10H,4-9H2,1-3H3. The molecule has 0 aromatic heterocycles. The van der Waals surface area contributed by atoms with Crippen LogP contribution in [-0.2, 0) is 4.43 Å². The zero-order valence-electron chi connectivity index (χ0n) is 9.01. The Kier molecular flexibility index (Phi) is 8.14. The van der Waals surface area contributed by atoms with Gasteiger partial charge in [0, 0.05) is 12.4 Å². The van der Waals surface area contributed by atoms with Crippen molar-refractivity contribution >= 4 is 20.1 Å². The normalized spacial score (nSPS) is 12.0. The summed E-state index contributed by atoms with van der Waals surface area (Å²) in [4.78, 5) is 0. The van der Waals surface area contributed by atoms with E-state index in [1.54, 1.807) is 0 Å². The maximum Gasteiger partial charge on any atom is 0.186 e. The van der Waals surface area contributed by atoms with Crippen molar-refractivity contribution in [2.24, 2.45) is 0 Å². The van der Waals surface area contributed by atoms with Crippen LogP contribution < -0.4 is 0 Å². The number of hydrogen-bond acceptors (Lipinski definition) is 3. The minimum atomic E-state index is -1.34. The van der Waals surface area contributed by atoms with E-state index in [1.165, 1.54) is 12.5 Å². The van der Waals surface area contributed by atoms with Crippen molar-refractivity contribution in [3.05, 3.63) is 0 Å². The van der Waals surface area contributed by atoms with E-state index in [-0.39, 0.29) is 0 Å². The van der Waals surface area contributed by atoms with Crippen LogP contribution in [0.3, 0.4) is 0 Å². The van der Waals surface area contributed by atoms with Gasteiger partial charge in [-0.3, -0.25) is 0 Å². The summed E-state index contributed by atoms with van der Waals surface area (Å²) in [6.45, 7) is 7.76. The zero-order chi connectivity index (χ0) is 10.2. The Bertz CT molecular complexity index is 120. The molecule has 0 aliphatic rings. The Hall–Kier alpha value is 0.487. The van der Waals surface area contributed by atoms with Gasteiger partial charge >= 0.3 is 0 Å². The second-order valence-corrected chi connectivity index (χ2v) is 9.17. The van der Waals surface area contributed by atoms with Crippen molar-refractivity contribution in [2.75, 3.05) is 24.7 Å². The third-order valence-electron chi connectivity index (χ3n) is 1.84. The van der Waals surface area contributed by atoms with E-state index in [2.05, 4.69) is 20.0 Å². The van der Waals surface area contributed by atoms with E-state index in [0.717, 1.165) is 18.1 Å². The molecular formula is C9H22O2SSi. The molecule has 0 amide bonds. The molecule has 0 aromatic carbocycles. The Balaban J connectivity index is 3.29. The van der Waals surface area contributed by atoms with Crippen LogP contribution in [0.4, 0.5) is 0 Å². The number of thioether (sulfide) groups is 1. The van der Waals surface area contributed by atoms with Gasteiger partial charge in [0.15, 0.2) is 8.32 Å². The average Bonchev–Trinajstić information content (AvgIpc) is 2.04. The predicted octanol–water partition coefficient (Wildman–Crippen LogP) is 2.34. The van der Waals surface area contributed by atoms with Crippen molar-refractivity contribution in [3.8, 4) is 0 Å². The summed E-state index contributed by atoms with van der Waals surface area (Å²) in [5.74, 6) is 2.03. The van der Waals surface area contributed by atoms with E-state index in [0.29, 0.717) is 6.61 Å². The third kappa shape index (κ3) is 8.81. The maximum atomic E-state index is 8.57. The smallest absolute Gasteiger partial charge is 0.186 e. The molecule has 0 bridgehead atoms. The minimum Gasteiger partial charge on any atom is -0.418 e. The molecule has 0 saturated carbocycles. The third-order valence-corrected chi connectivity index (χ3v) is 5.51. The van der Waals surface area contributed by atoms with Crippen LogP contribution in [0.1, 0.15) is 13.3 Å². The van der Waals surface area contributed by atoms with Crippen molar-refractivity contribution in [1.82, 2.24) is 0 Å². The summed E-state index contributed by atoms with van der Waals surface area (Å²) in [5.41, 5.74) is 0. The van der Waals surface area contributed by atoms with Crippen LogP contribution in [0.15, 0.2) is 0 Å². The molecular weight excluding hydrogens is 200 g/mol. The second-order valence-electron chi connectivity index (χ2n) is 3.63. The van der Waals surface area contributed by atoms with Gasteiger partial charge in [0.1, 0.15) is 0 Å². The highest BCUT2D eigenvalue weighted by Crippen LogP contribution is 2.15.